The highest BCUT2D eigenvalue weighted by Gasteiger charge is 2.22. The first-order valence-electron chi connectivity index (χ1n) is 9.06. The average molecular weight is 402 g/mol. The van der Waals surface area contributed by atoms with E-state index < -0.39 is 11.5 Å². The molecule has 2 aromatic carbocycles. The molecule has 0 aliphatic heterocycles. The third kappa shape index (κ3) is 4.00. The summed E-state index contributed by atoms with van der Waals surface area (Å²) in [6, 6.07) is 18.8. The van der Waals surface area contributed by atoms with E-state index in [-0.39, 0.29) is 12.1 Å². The summed E-state index contributed by atoms with van der Waals surface area (Å²) in [6.07, 6.45) is 0. The Kier molecular flexibility index (Phi) is 5.31. The van der Waals surface area contributed by atoms with E-state index in [0.29, 0.717) is 11.3 Å². The van der Waals surface area contributed by atoms with Crippen LogP contribution in [0.5, 0.6) is 0 Å². The van der Waals surface area contributed by atoms with Crippen LogP contribution in [-0.4, -0.2) is 21.1 Å². The molecule has 0 saturated carbocycles. The molecule has 1 amide bonds. The molecule has 4 aromatic rings. The average Bonchev–Trinajstić information content (AvgIpc) is 3.18. The van der Waals surface area contributed by atoms with Gasteiger partial charge in [0.1, 0.15) is 5.56 Å². The maximum absolute atomic E-state index is 13.0. The summed E-state index contributed by atoms with van der Waals surface area (Å²) >= 11 is 1.51. The van der Waals surface area contributed by atoms with Crippen molar-refractivity contribution >= 4 is 17.2 Å². The van der Waals surface area contributed by atoms with Crippen LogP contribution in [0, 0.1) is 6.92 Å². The van der Waals surface area contributed by atoms with E-state index in [1.54, 1.807) is 0 Å². The SMILES string of the molecule is Cc1nc(CNC(=O)c2c(-c3ccccc3)c(-c3ccccc3)n[nH]c2=O)cs1. The molecular weight excluding hydrogens is 384 g/mol. The normalized spacial score (nSPS) is 10.7. The van der Waals surface area contributed by atoms with Crippen molar-refractivity contribution in [3.8, 4) is 22.4 Å². The molecule has 4 rings (SSSR count). The smallest absolute Gasteiger partial charge is 0.277 e. The Morgan fingerprint density at radius 1 is 1.03 bits per heavy atom. The van der Waals surface area contributed by atoms with Gasteiger partial charge >= 0.3 is 0 Å². The van der Waals surface area contributed by atoms with Gasteiger partial charge in [-0.15, -0.1) is 11.3 Å². The summed E-state index contributed by atoms with van der Waals surface area (Å²) in [5, 5.41) is 12.4. The highest BCUT2D eigenvalue weighted by atomic mass is 32.1. The van der Waals surface area contributed by atoms with Crippen LogP contribution in [0.25, 0.3) is 22.4 Å². The van der Waals surface area contributed by atoms with Crippen molar-refractivity contribution in [1.82, 2.24) is 20.5 Å². The molecule has 0 saturated heterocycles. The van der Waals surface area contributed by atoms with Gasteiger partial charge in [0.15, 0.2) is 0 Å². The Hall–Kier alpha value is -3.58. The zero-order valence-electron chi connectivity index (χ0n) is 15.7. The quantitative estimate of drug-likeness (QED) is 0.532. The molecule has 0 spiro atoms. The fourth-order valence-corrected chi connectivity index (χ4v) is 3.72. The number of benzene rings is 2. The first-order chi connectivity index (χ1) is 14.1. The molecule has 0 aliphatic rings. The highest BCUT2D eigenvalue weighted by molar-refractivity contribution is 7.09. The van der Waals surface area contributed by atoms with Gasteiger partial charge in [0.2, 0.25) is 0 Å². The minimum Gasteiger partial charge on any atom is -0.346 e. The number of nitrogens with zero attached hydrogens (tertiary/aromatic N) is 2. The van der Waals surface area contributed by atoms with Crippen molar-refractivity contribution in [2.24, 2.45) is 0 Å². The molecule has 2 N–H and O–H groups in total. The van der Waals surface area contributed by atoms with Crippen LogP contribution < -0.4 is 10.9 Å². The number of hydrogen-bond acceptors (Lipinski definition) is 5. The number of H-pyrrole nitrogens is 1. The summed E-state index contributed by atoms with van der Waals surface area (Å²) < 4.78 is 0. The van der Waals surface area contributed by atoms with E-state index in [2.05, 4.69) is 20.5 Å². The second kappa shape index (κ2) is 8.20. The van der Waals surface area contributed by atoms with Gasteiger partial charge in [0, 0.05) is 16.5 Å². The van der Waals surface area contributed by atoms with Crippen LogP contribution in [-0.2, 0) is 6.54 Å². The molecule has 2 heterocycles. The third-order valence-corrected chi connectivity index (χ3v) is 5.24. The second-order valence-electron chi connectivity index (χ2n) is 6.42. The minimum atomic E-state index is -0.532. The van der Waals surface area contributed by atoms with Gasteiger partial charge in [-0.1, -0.05) is 60.7 Å². The monoisotopic (exact) mass is 402 g/mol. The van der Waals surface area contributed by atoms with Gasteiger partial charge in [-0.05, 0) is 12.5 Å². The highest BCUT2D eigenvalue weighted by Crippen LogP contribution is 2.31. The van der Waals surface area contributed by atoms with Crippen LogP contribution in [0.3, 0.4) is 0 Å². The number of thiazole rings is 1. The molecular formula is C22H18N4O2S. The lowest BCUT2D eigenvalue weighted by molar-refractivity contribution is 0.0949. The van der Waals surface area contributed by atoms with Crippen LogP contribution in [0.2, 0.25) is 0 Å². The number of aryl methyl sites for hydroxylation is 1. The maximum atomic E-state index is 13.0. The summed E-state index contributed by atoms with van der Waals surface area (Å²) in [7, 11) is 0. The second-order valence-corrected chi connectivity index (χ2v) is 7.49. The van der Waals surface area contributed by atoms with Crippen molar-refractivity contribution in [3.05, 3.63) is 92.7 Å². The molecule has 29 heavy (non-hydrogen) atoms. The fourth-order valence-electron chi connectivity index (χ4n) is 3.11. The van der Waals surface area contributed by atoms with E-state index in [1.165, 1.54) is 11.3 Å². The lowest BCUT2D eigenvalue weighted by atomic mass is 9.95. The number of rotatable bonds is 5. The molecule has 2 aromatic heterocycles. The fraction of sp³-hybridized carbons (Fsp3) is 0.0909. The van der Waals surface area contributed by atoms with E-state index in [0.717, 1.165) is 21.8 Å². The van der Waals surface area contributed by atoms with Crippen LogP contribution in [0.4, 0.5) is 0 Å². The van der Waals surface area contributed by atoms with Gasteiger partial charge in [-0.25, -0.2) is 10.1 Å². The van der Waals surface area contributed by atoms with Crippen molar-refractivity contribution in [2.75, 3.05) is 0 Å². The van der Waals surface area contributed by atoms with Crippen LogP contribution >= 0.6 is 11.3 Å². The topological polar surface area (TPSA) is 87.7 Å². The lowest BCUT2D eigenvalue weighted by Gasteiger charge is -2.13. The molecule has 0 radical (unpaired) electrons. The van der Waals surface area contributed by atoms with E-state index in [1.807, 2.05) is 73.0 Å². The standard InChI is InChI=1S/C22H18N4O2S/c1-14-24-17(13-29-14)12-23-21(27)19-18(15-8-4-2-5-9-15)20(25-26-22(19)28)16-10-6-3-7-11-16/h2-11,13H,12H2,1H3,(H,23,27)(H,26,28). The number of hydrogen-bond donors (Lipinski definition) is 2. The maximum Gasteiger partial charge on any atom is 0.277 e. The van der Waals surface area contributed by atoms with E-state index in [4.69, 9.17) is 0 Å². The van der Waals surface area contributed by atoms with Crippen molar-refractivity contribution in [2.45, 2.75) is 13.5 Å². The number of carbonyl (C=O) groups is 1. The van der Waals surface area contributed by atoms with Crippen molar-refractivity contribution in [3.63, 3.8) is 0 Å². The van der Waals surface area contributed by atoms with Crippen molar-refractivity contribution < 1.29 is 4.79 Å². The Morgan fingerprint density at radius 3 is 2.31 bits per heavy atom. The first-order valence-corrected chi connectivity index (χ1v) is 9.94. The van der Waals surface area contributed by atoms with Gasteiger partial charge in [0.25, 0.3) is 11.5 Å². The Morgan fingerprint density at radius 2 is 1.69 bits per heavy atom. The molecule has 6 nitrogen and oxygen atoms in total. The Labute approximate surface area is 171 Å². The van der Waals surface area contributed by atoms with Gasteiger partial charge in [0.05, 0.1) is 22.9 Å². The molecule has 0 bridgehead atoms. The predicted molar refractivity (Wildman–Crippen MR) is 114 cm³/mol. The molecule has 0 fully saturated rings. The lowest BCUT2D eigenvalue weighted by Crippen LogP contribution is -2.31. The zero-order chi connectivity index (χ0) is 20.2. The Bertz CT molecular complexity index is 1200. The number of carbonyl (C=O) groups excluding carboxylic acids is 1. The summed E-state index contributed by atoms with van der Waals surface area (Å²) in [5.74, 6) is -0.463. The van der Waals surface area contributed by atoms with Crippen molar-refractivity contribution in [1.29, 1.82) is 0 Å². The largest absolute Gasteiger partial charge is 0.346 e. The Balaban J connectivity index is 1.82. The number of amides is 1. The van der Waals surface area contributed by atoms with Crippen LogP contribution in [0.15, 0.2) is 70.8 Å². The first kappa shape index (κ1) is 18.8. The molecule has 7 heteroatoms. The molecule has 0 unspecified atom stereocenters. The predicted octanol–water partition coefficient (Wildman–Crippen LogP) is 3.80. The minimum absolute atomic E-state index is 0.0389. The third-order valence-electron chi connectivity index (χ3n) is 4.42. The van der Waals surface area contributed by atoms with Gasteiger partial charge in [-0.3, -0.25) is 9.59 Å². The summed E-state index contributed by atoms with van der Waals surface area (Å²) in [6.45, 7) is 2.16. The molecule has 0 atom stereocenters. The van der Waals surface area contributed by atoms with Crippen LogP contribution in [0.1, 0.15) is 21.1 Å². The number of aromatic amines is 1. The molecule has 144 valence electrons. The van der Waals surface area contributed by atoms with Gasteiger partial charge < -0.3 is 5.32 Å². The van der Waals surface area contributed by atoms with E-state index >= 15 is 0 Å². The van der Waals surface area contributed by atoms with Gasteiger partial charge in [-0.2, -0.15) is 5.10 Å². The zero-order valence-corrected chi connectivity index (χ0v) is 16.5. The number of aromatic nitrogens is 3. The summed E-state index contributed by atoms with van der Waals surface area (Å²) in [4.78, 5) is 30.1. The molecule has 0 aliphatic carbocycles. The van der Waals surface area contributed by atoms with E-state index in [9.17, 15) is 9.59 Å². The summed E-state index contributed by atoms with van der Waals surface area (Å²) in [5.41, 5.74) is 2.88. The number of nitrogens with one attached hydrogen (secondary N) is 2.